The smallest absolute Gasteiger partial charge is 0.288 e. The van der Waals surface area contributed by atoms with Crippen molar-refractivity contribution in [2.24, 2.45) is 0 Å². The topological polar surface area (TPSA) is 12.0 Å². The summed E-state index contributed by atoms with van der Waals surface area (Å²) in [4.78, 5) is 0.590. The van der Waals surface area contributed by atoms with E-state index in [-0.39, 0.29) is 0 Å². The molecular weight excluding hydrogens is 228 g/mol. The van der Waals surface area contributed by atoms with Crippen LogP contribution in [0.4, 0.5) is 8.78 Å². The summed E-state index contributed by atoms with van der Waals surface area (Å²) < 4.78 is 24.1. The van der Waals surface area contributed by atoms with Gasteiger partial charge in [-0.3, -0.25) is 0 Å². The van der Waals surface area contributed by atoms with E-state index in [0.29, 0.717) is 29.7 Å². The predicted molar refractivity (Wildman–Crippen MR) is 63.5 cm³/mol. The van der Waals surface area contributed by atoms with Gasteiger partial charge >= 0.3 is 0 Å². The van der Waals surface area contributed by atoms with Crippen LogP contribution < -0.4 is 5.32 Å². The molecule has 0 heterocycles. The Hall–Kier alpha value is -1.05. The lowest BCUT2D eigenvalue weighted by Gasteiger charge is -2.03. The largest absolute Gasteiger partial charge is 0.302 e. The summed E-state index contributed by atoms with van der Waals surface area (Å²) in [6.45, 7) is 3.14. The fraction of sp³-hybridized carbons (Fsp3) is 0.333. The summed E-state index contributed by atoms with van der Waals surface area (Å²) in [6.07, 6.45) is 0. The van der Waals surface area contributed by atoms with Gasteiger partial charge in [0.25, 0.3) is 5.76 Å². The quantitative estimate of drug-likeness (QED) is 0.483. The summed E-state index contributed by atoms with van der Waals surface area (Å²) in [6, 6.07) is 7.10. The monoisotopic (exact) mass is 241 g/mol. The second kappa shape index (κ2) is 7.26. The Labute approximate surface area is 98.6 Å². The Morgan fingerprint density at radius 3 is 2.56 bits per heavy atom. The number of hydrogen-bond donors (Lipinski definition) is 1. The van der Waals surface area contributed by atoms with Crippen molar-refractivity contribution in [3.8, 4) is 11.8 Å². The lowest BCUT2D eigenvalue weighted by Crippen LogP contribution is -2.12. The van der Waals surface area contributed by atoms with Gasteiger partial charge in [0.05, 0.1) is 6.54 Å². The number of alkyl halides is 2. The molecule has 0 aliphatic rings. The molecule has 0 bridgehead atoms. The molecule has 0 saturated heterocycles. The minimum atomic E-state index is -2.36. The average molecular weight is 241 g/mol. The lowest BCUT2D eigenvalue weighted by atomic mass is 10.2. The van der Waals surface area contributed by atoms with Crippen LogP contribution in [0.2, 0.25) is 0 Å². The highest BCUT2D eigenvalue weighted by atomic mass is 32.2. The minimum Gasteiger partial charge on any atom is -0.302 e. The zero-order chi connectivity index (χ0) is 11.8. The zero-order valence-electron chi connectivity index (χ0n) is 8.97. The van der Waals surface area contributed by atoms with E-state index < -0.39 is 5.76 Å². The van der Waals surface area contributed by atoms with E-state index in [1.807, 2.05) is 12.1 Å². The summed E-state index contributed by atoms with van der Waals surface area (Å²) in [5.74, 6) is 3.32. The van der Waals surface area contributed by atoms with Crippen LogP contribution in [-0.2, 0) is 6.54 Å². The van der Waals surface area contributed by atoms with E-state index in [4.69, 9.17) is 0 Å². The van der Waals surface area contributed by atoms with Crippen LogP contribution in [0.3, 0.4) is 0 Å². The summed E-state index contributed by atoms with van der Waals surface area (Å²) >= 11 is 0.563. The number of hydrogen-bond acceptors (Lipinski definition) is 2. The van der Waals surface area contributed by atoms with E-state index >= 15 is 0 Å². The second-order valence-electron chi connectivity index (χ2n) is 3.05. The molecule has 0 radical (unpaired) electrons. The summed E-state index contributed by atoms with van der Waals surface area (Å²) in [5.41, 5.74) is 1.07. The van der Waals surface area contributed by atoms with Crippen LogP contribution in [0.15, 0.2) is 29.2 Å². The number of halogens is 2. The van der Waals surface area contributed by atoms with E-state index in [9.17, 15) is 8.78 Å². The maximum absolute atomic E-state index is 12.0. The third-order valence-corrected chi connectivity index (χ3v) is 2.59. The molecule has 1 rings (SSSR count). The van der Waals surface area contributed by atoms with Gasteiger partial charge in [0, 0.05) is 11.4 Å². The van der Waals surface area contributed by atoms with Crippen molar-refractivity contribution in [3.05, 3.63) is 29.8 Å². The average Bonchev–Trinajstić information content (AvgIpc) is 2.26. The van der Waals surface area contributed by atoms with Gasteiger partial charge < -0.3 is 5.32 Å². The van der Waals surface area contributed by atoms with Crippen LogP contribution in [0.5, 0.6) is 0 Å². The normalized spacial score (nSPS) is 10.0. The number of benzene rings is 1. The molecule has 86 valence electrons. The number of thioether (sulfide) groups is 1. The highest BCUT2D eigenvalue weighted by molar-refractivity contribution is 7.99. The van der Waals surface area contributed by atoms with Gasteiger partial charge in [0.1, 0.15) is 0 Å². The minimum absolute atomic E-state index is 0.563. The van der Waals surface area contributed by atoms with Crippen molar-refractivity contribution in [2.45, 2.75) is 24.1 Å². The zero-order valence-corrected chi connectivity index (χ0v) is 9.78. The molecule has 1 aromatic rings. The number of rotatable bonds is 5. The first-order valence-corrected chi connectivity index (χ1v) is 5.74. The van der Waals surface area contributed by atoms with Gasteiger partial charge in [-0.1, -0.05) is 29.8 Å². The maximum atomic E-state index is 12.0. The van der Waals surface area contributed by atoms with Crippen molar-refractivity contribution in [3.63, 3.8) is 0 Å². The third-order valence-electron chi connectivity index (χ3n) is 1.87. The van der Waals surface area contributed by atoms with Crippen molar-refractivity contribution in [1.29, 1.82) is 0 Å². The highest BCUT2D eigenvalue weighted by Crippen LogP contribution is 2.24. The molecule has 0 aliphatic carbocycles. The molecule has 4 heteroatoms. The first kappa shape index (κ1) is 13.0. The standard InChI is InChI=1S/C12H13F2NS/c1-2-3-8-15-9-10-4-6-11(7-5-10)16-12(13)14/h4-7,12,15H,8-9H2,1H3. The number of nitrogens with one attached hydrogen (secondary N) is 1. The molecule has 0 aliphatic heterocycles. The van der Waals surface area contributed by atoms with Crippen molar-refractivity contribution < 1.29 is 8.78 Å². The van der Waals surface area contributed by atoms with Gasteiger partial charge in [0.15, 0.2) is 0 Å². The molecule has 1 aromatic carbocycles. The fourth-order valence-corrected chi connectivity index (χ4v) is 1.65. The van der Waals surface area contributed by atoms with Gasteiger partial charge in [-0.25, -0.2) is 0 Å². The van der Waals surface area contributed by atoms with Crippen LogP contribution in [0, 0.1) is 11.8 Å². The van der Waals surface area contributed by atoms with Crippen LogP contribution in [-0.4, -0.2) is 12.3 Å². The third kappa shape index (κ3) is 5.15. The second-order valence-corrected chi connectivity index (χ2v) is 4.12. The first-order valence-electron chi connectivity index (χ1n) is 4.86. The Morgan fingerprint density at radius 2 is 2.00 bits per heavy atom. The summed E-state index contributed by atoms with van der Waals surface area (Å²) in [5, 5.41) is 3.13. The molecule has 0 unspecified atom stereocenters. The molecule has 1 nitrogen and oxygen atoms in total. The molecule has 0 saturated carbocycles. The van der Waals surface area contributed by atoms with Crippen LogP contribution in [0.1, 0.15) is 12.5 Å². The van der Waals surface area contributed by atoms with Crippen molar-refractivity contribution in [2.75, 3.05) is 6.54 Å². The fourth-order valence-electron chi connectivity index (χ4n) is 1.15. The lowest BCUT2D eigenvalue weighted by molar-refractivity contribution is 0.252. The molecule has 0 aromatic heterocycles. The van der Waals surface area contributed by atoms with Gasteiger partial charge in [-0.2, -0.15) is 8.78 Å². The first-order chi connectivity index (χ1) is 7.72. The predicted octanol–water partition coefficient (Wildman–Crippen LogP) is 3.11. The summed E-state index contributed by atoms with van der Waals surface area (Å²) in [7, 11) is 0. The molecule has 1 N–H and O–H groups in total. The Balaban J connectivity index is 2.41. The van der Waals surface area contributed by atoms with Crippen molar-refractivity contribution >= 4 is 11.8 Å². The van der Waals surface area contributed by atoms with Gasteiger partial charge in [0.2, 0.25) is 0 Å². The Kier molecular flexibility index (Phi) is 5.91. The van der Waals surface area contributed by atoms with E-state index in [1.165, 1.54) is 0 Å². The van der Waals surface area contributed by atoms with Gasteiger partial charge in [-0.05, 0) is 24.6 Å². The van der Waals surface area contributed by atoms with E-state index in [2.05, 4.69) is 17.2 Å². The Morgan fingerprint density at radius 1 is 1.31 bits per heavy atom. The van der Waals surface area contributed by atoms with Gasteiger partial charge in [-0.15, -0.1) is 5.92 Å². The van der Waals surface area contributed by atoms with Crippen LogP contribution >= 0.6 is 11.8 Å². The maximum Gasteiger partial charge on any atom is 0.288 e. The SMILES string of the molecule is CC#CCNCc1ccc(SC(F)F)cc1. The molecule has 0 amide bonds. The molecule has 16 heavy (non-hydrogen) atoms. The van der Waals surface area contributed by atoms with Crippen LogP contribution in [0.25, 0.3) is 0 Å². The molecular formula is C12H13F2NS. The Bertz CT molecular complexity index is 365. The highest BCUT2D eigenvalue weighted by Gasteiger charge is 2.04. The molecule has 0 spiro atoms. The van der Waals surface area contributed by atoms with E-state index in [1.54, 1.807) is 19.1 Å². The molecule has 0 atom stereocenters. The van der Waals surface area contributed by atoms with E-state index in [0.717, 1.165) is 5.56 Å². The molecule has 0 fully saturated rings. The van der Waals surface area contributed by atoms with Crippen molar-refractivity contribution in [1.82, 2.24) is 5.32 Å².